The van der Waals surface area contributed by atoms with Crippen molar-refractivity contribution >= 4 is 17.7 Å². The molecule has 1 N–H and O–H groups in total. The molecule has 1 atom stereocenters. The average molecular weight is 481 g/mol. The van der Waals surface area contributed by atoms with E-state index in [1.165, 1.54) is 14.5 Å². The Morgan fingerprint density at radius 2 is 2.09 bits per heavy atom. The molecule has 0 radical (unpaired) electrons. The van der Waals surface area contributed by atoms with Gasteiger partial charge in [-0.25, -0.2) is 23.2 Å². The van der Waals surface area contributed by atoms with Crippen LogP contribution in [0.15, 0.2) is 12.1 Å². The van der Waals surface area contributed by atoms with Crippen molar-refractivity contribution in [3.8, 4) is 11.4 Å². The predicted octanol–water partition coefficient (Wildman–Crippen LogP) is 3.10. The van der Waals surface area contributed by atoms with Crippen molar-refractivity contribution in [3.63, 3.8) is 0 Å². The van der Waals surface area contributed by atoms with Crippen LogP contribution in [-0.4, -0.2) is 74.7 Å². The number of alkyl halides is 2. The van der Waals surface area contributed by atoms with Gasteiger partial charge in [-0.15, -0.1) is 5.10 Å². The van der Waals surface area contributed by atoms with E-state index in [4.69, 9.17) is 9.84 Å². The first-order valence-electron chi connectivity index (χ1n) is 11.1. The van der Waals surface area contributed by atoms with Crippen LogP contribution in [0, 0.1) is 12.8 Å². The lowest BCUT2D eigenvalue weighted by Gasteiger charge is -2.39. The Morgan fingerprint density at radius 3 is 2.74 bits per heavy atom. The first-order chi connectivity index (χ1) is 16.0. The van der Waals surface area contributed by atoms with E-state index in [1.807, 2.05) is 6.92 Å². The summed E-state index contributed by atoms with van der Waals surface area (Å²) in [4.78, 5) is 30.7. The highest BCUT2D eigenvalue weighted by molar-refractivity contribution is 5.68. The number of rotatable bonds is 8. The molecular weight excluding hydrogens is 450 g/mol. The molecule has 1 amide bonds. The summed E-state index contributed by atoms with van der Waals surface area (Å²) < 4.78 is 35.5. The molecule has 2 aromatic heterocycles. The van der Waals surface area contributed by atoms with E-state index in [0.717, 1.165) is 6.42 Å². The van der Waals surface area contributed by atoms with Gasteiger partial charge in [0, 0.05) is 33.6 Å². The molecule has 1 aliphatic heterocycles. The number of carboxylic acid groups (broad SMARTS) is 1. The molecule has 0 spiro atoms. The van der Waals surface area contributed by atoms with Crippen molar-refractivity contribution in [2.24, 2.45) is 13.0 Å². The van der Waals surface area contributed by atoms with Gasteiger partial charge in [0.05, 0.1) is 30.0 Å². The highest BCUT2D eigenvalue weighted by Crippen LogP contribution is 2.36. The zero-order valence-corrected chi connectivity index (χ0v) is 19.8. The van der Waals surface area contributed by atoms with E-state index in [-0.39, 0.29) is 19.6 Å². The van der Waals surface area contributed by atoms with Gasteiger partial charge >= 0.3 is 12.1 Å². The van der Waals surface area contributed by atoms with Gasteiger partial charge in [-0.3, -0.25) is 4.79 Å². The summed E-state index contributed by atoms with van der Waals surface area (Å²) in [7, 11) is 3.33. The number of nitrogens with zero attached hydrogens (tertiary/aromatic N) is 6. The third kappa shape index (κ3) is 5.97. The number of aliphatic carboxylic acids is 1. The molecule has 3 rings (SSSR count). The molecule has 0 aromatic carbocycles. The van der Waals surface area contributed by atoms with Crippen LogP contribution in [0.5, 0.6) is 0 Å². The summed E-state index contributed by atoms with van der Waals surface area (Å²) in [6.45, 7) is 3.89. The van der Waals surface area contributed by atoms with Crippen LogP contribution in [0.1, 0.15) is 37.6 Å². The van der Waals surface area contributed by atoms with Crippen molar-refractivity contribution in [1.29, 1.82) is 0 Å². The largest absolute Gasteiger partial charge is 0.481 e. The van der Waals surface area contributed by atoms with Gasteiger partial charge in [-0.2, -0.15) is 0 Å². The highest BCUT2D eigenvalue weighted by atomic mass is 19.3. The van der Waals surface area contributed by atoms with Crippen LogP contribution >= 0.6 is 0 Å². The number of piperidine rings is 1. The van der Waals surface area contributed by atoms with Crippen LogP contribution < -0.4 is 4.90 Å². The van der Waals surface area contributed by atoms with E-state index >= 15 is 0 Å². The maximum atomic E-state index is 14.3. The van der Waals surface area contributed by atoms with E-state index in [0.29, 0.717) is 35.0 Å². The zero-order valence-electron chi connectivity index (χ0n) is 19.8. The Kier molecular flexibility index (Phi) is 7.68. The predicted molar refractivity (Wildman–Crippen MR) is 120 cm³/mol. The minimum Gasteiger partial charge on any atom is -0.481 e. The van der Waals surface area contributed by atoms with Crippen LogP contribution in [0.3, 0.4) is 0 Å². The fraction of sp³-hybridized carbons (Fsp3) is 0.591. The molecule has 3 heterocycles. The molecule has 0 unspecified atom stereocenters. The summed E-state index contributed by atoms with van der Waals surface area (Å²) in [5, 5.41) is 17.2. The normalized spacial score (nSPS) is 17.5. The number of aryl methyl sites for hydroxylation is 2. The van der Waals surface area contributed by atoms with E-state index in [1.54, 1.807) is 33.2 Å². The number of carbonyl (C=O) groups is 2. The third-order valence-electron chi connectivity index (χ3n) is 5.74. The topological polar surface area (TPSA) is 114 Å². The highest BCUT2D eigenvalue weighted by Gasteiger charge is 2.41. The zero-order chi connectivity index (χ0) is 25.0. The SMILES string of the molecule is CCCN(C)C(=O)OCc1c(-c2ccc(N3C[C@@H](CC(=O)O)CC(F)(F)C3)c(C)n2)nnn1C. The molecule has 0 bridgehead atoms. The Labute approximate surface area is 196 Å². The van der Waals surface area contributed by atoms with Gasteiger partial charge in [0.2, 0.25) is 0 Å². The third-order valence-corrected chi connectivity index (χ3v) is 5.74. The fourth-order valence-electron chi connectivity index (χ4n) is 4.20. The van der Waals surface area contributed by atoms with Crippen LogP contribution in [0.4, 0.5) is 19.3 Å². The van der Waals surface area contributed by atoms with Gasteiger partial charge in [-0.05, 0) is 31.4 Å². The first kappa shape index (κ1) is 25.3. The van der Waals surface area contributed by atoms with Crippen molar-refractivity contribution < 1.29 is 28.2 Å². The van der Waals surface area contributed by atoms with Crippen molar-refractivity contribution in [3.05, 3.63) is 23.5 Å². The maximum absolute atomic E-state index is 14.3. The summed E-state index contributed by atoms with van der Waals surface area (Å²) >= 11 is 0. The second kappa shape index (κ2) is 10.3. The maximum Gasteiger partial charge on any atom is 0.409 e. The summed E-state index contributed by atoms with van der Waals surface area (Å²) in [5.41, 5.74) is 2.45. The number of carbonyl (C=O) groups excluding carboxylic acids is 1. The number of hydrogen-bond donors (Lipinski definition) is 1. The average Bonchev–Trinajstić information content (AvgIpc) is 3.10. The Bertz CT molecular complexity index is 1040. The molecule has 10 nitrogen and oxygen atoms in total. The fourth-order valence-corrected chi connectivity index (χ4v) is 4.20. The molecule has 1 fully saturated rings. The molecule has 2 aromatic rings. The molecule has 0 saturated carbocycles. The first-order valence-corrected chi connectivity index (χ1v) is 11.1. The Hall–Kier alpha value is -3.31. The number of aromatic nitrogens is 4. The van der Waals surface area contributed by atoms with Crippen molar-refractivity contribution in [2.45, 2.75) is 45.6 Å². The van der Waals surface area contributed by atoms with Crippen molar-refractivity contribution in [1.82, 2.24) is 24.9 Å². The van der Waals surface area contributed by atoms with Gasteiger partial charge in [0.15, 0.2) is 0 Å². The lowest BCUT2D eigenvalue weighted by atomic mass is 9.92. The molecule has 1 aliphatic rings. The van der Waals surface area contributed by atoms with E-state index in [9.17, 15) is 18.4 Å². The minimum absolute atomic E-state index is 0.0522. The molecule has 0 aliphatic carbocycles. The van der Waals surface area contributed by atoms with Crippen molar-refractivity contribution in [2.75, 3.05) is 31.6 Å². The Balaban J connectivity index is 1.80. The Morgan fingerprint density at radius 1 is 1.35 bits per heavy atom. The summed E-state index contributed by atoms with van der Waals surface area (Å²) in [5.74, 6) is -4.74. The monoisotopic (exact) mass is 480 g/mol. The number of pyridine rings is 1. The lowest BCUT2D eigenvalue weighted by molar-refractivity contribution is -0.139. The molecule has 12 heteroatoms. The van der Waals surface area contributed by atoms with Gasteiger partial charge in [0.1, 0.15) is 18.0 Å². The molecule has 186 valence electrons. The quantitative estimate of drug-likeness (QED) is 0.613. The molecular formula is C22H30F2N6O4. The van der Waals surface area contributed by atoms with E-state index in [2.05, 4.69) is 15.3 Å². The number of hydrogen-bond acceptors (Lipinski definition) is 7. The van der Waals surface area contributed by atoms with Gasteiger partial charge in [0.25, 0.3) is 5.92 Å². The number of anilines is 1. The number of carboxylic acids is 1. The van der Waals surface area contributed by atoms with Crippen LogP contribution in [0.25, 0.3) is 11.4 Å². The van der Waals surface area contributed by atoms with Gasteiger partial charge in [-0.1, -0.05) is 12.1 Å². The summed E-state index contributed by atoms with van der Waals surface area (Å²) in [6.07, 6.45) is -0.420. The smallest absolute Gasteiger partial charge is 0.409 e. The molecule has 1 saturated heterocycles. The standard InChI is InChI=1S/C22H30F2N6O4/c1-5-8-28(3)21(33)34-12-18-20(26-27-29(18)4)16-6-7-17(14(2)25-16)30-11-15(9-19(31)32)10-22(23,24)13-30/h6-7,15H,5,8-13H2,1-4H3,(H,31,32)/t15-/m0/s1. The molecule has 34 heavy (non-hydrogen) atoms. The van der Waals surface area contributed by atoms with Crippen LogP contribution in [0.2, 0.25) is 0 Å². The summed E-state index contributed by atoms with van der Waals surface area (Å²) in [6, 6.07) is 3.33. The number of ether oxygens (including phenoxy) is 1. The lowest BCUT2D eigenvalue weighted by Crippen LogP contribution is -2.48. The van der Waals surface area contributed by atoms with E-state index < -0.39 is 36.9 Å². The van der Waals surface area contributed by atoms with Crippen LogP contribution in [-0.2, 0) is 23.2 Å². The van der Waals surface area contributed by atoms with Gasteiger partial charge < -0.3 is 19.6 Å². The second-order valence-electron chi connectivity index (χ2n) is 8.69. The second-order valence-corrected chi connectivity index (χ2v) is 8.69. The number of halogens is 2. The minimum atomic E-state index is -2.99. The number of amides is 1.